The van der Waals surface area contributed by atoms with Crippen molar-refractivity contribution >= 4 is 17.0 Å². The summed E-state index contributed by atoms with van der Waals surface area (Å²) < 4.78 is 11.7. The lowest BCUT2D eigenvalue weighted by Crippen LogP contribution is -2.55. The van der Waals surface area contributed by atoms with E-state index in [0.29, 0.717) is 0 Å². The Morgan fingerprint density at radius 3 is 2.86 bits per heavy atom. The SMILES string of the molecule is COc1cccc2c1OC(C)(C)N1NC(c3cccs3)=CC21. The highest BCUT2D eigenvalue weighted by Crippen LogP contribution is 2.48. The molecule has 0 saturated carbocycles. The van der Waals surface area contributed by atoms with Crippen LogP contribution in [0.3, 0.4) is 0 Å². The Hall–Kier alpha value is -1.98. The Morgan fingerprint density at radius 2 is 2.14 bits per heavy atom. The maximum absolute atomic E-state index is 6.23. The topological polar surface area (TPSA) is 33.7 Å². The molecule has 0 aliphatic carbocycles. The van der Waals surface area contributed by atoms with E-state index in [4.69, 9.17) is 9.47 Å². The largest absolute Gasteiger partial charge is 0.493 e. The van der Waals surface area contributed by atoms with Gasteiger partial charge in [-0.3, -0.25) is 0 Å². The number of rotatable bonds is 2. The van der Waals surface area contributed by atoms with E-state index < -0.39 is 5.72 Å². The van der Waals surface area contributed by atoms with E-state index in [0.717, 1.165) is 22.8 Å². The van der Waals surface area contributed by atoms with E-state index in [-0.39, 0.29) is 6.04 Å². The molecule has 22 heavy (non-hydrogen) atoms. The van der Waals surface area contributed by atoms with Crippen LogP contribution in [0.25, 0.3) is 5.70 Å². The highest BCUT2D eigenvalue weighted by atomic mass is 32.1. The van der Waals surface area contributed by atoms with Crippen LogP contribution in [0.2, 0.25) is 0 Å². The van der Waals surface area contributed by atoms with Crippen LogP contribution in [0.1, 0.15) is 30.3 Å². The van der Waals surface area contributed by atoms with Gasteiger partial charge in [0.25, 0.3) is 0 Å². The van der Waals surface area contributed by atoms with Gasteiger partial charge in [-0.2, -0.15) is 5.01 Å². The zero-order chi connectivity index (χ0) is 15.3. The first-order valence-electron chi connectivity index (χ1n) is 7.28. The molecule has 1 unspecified atom stereocenters. The van der Waals surface area contributed by atoms with Gasteiger partial charge in [-0.15, -0.1) is 11.3 Å². The second-order valence-electron chi connectivity index (χ2n) is 5.91. The standard InChI is InChI=1S/C17H18N2O2S/c1-17(2)19-13(10-12(18-19)15-8-5-9-22-15)11-6-4-7-14(20-3)16(11)21-17/h4-10,13,18H,1-3H3. The summed E-state index contributed by atoms with van der Waals surface area (Å²) in [5, 5.41) is 4.25. The molecule has 4 nitrogen and oxygen atoms in total. The highest BCUT2D eigenvalue weighted by molar-refractivity contribution is 7.11. The number of para-hydroxylation sites is 1. The molecule has 3 heterocycles. The zero-order valence-electron chi connectivity index (χ0n) is 12.8. The van der Waals surface area contributed by atoms with Crippen molar-refractivity contribution in [1.29, 1.82) is 0 Å². The fraction of sp³-hybridized carbons (Fsp3) is 0.294. The Morgan fingerprint density at radius 1 is 1.27 bits per heavy atom. The molecule has 1 aromatic heterocycles. The molecule has 1 atom stereocenters. The smallest absolute Gasteiger partial charge is 0.175 e. The molecule has 2 aliphatic heterocycles. The molecule has 114 valence electrons. The number of nitrogens with one attached hydrogen (secondary N) is 1. The van der Waals surface area contributed by atoms with Crippen LogP contribution in [0.15, 0.2) is 41.8 Å². The molecule has 0 fully saturated rings. The van der Waals surface area contributed by atoms with Crippen LogP contribution in [0.5, 0.6) is 11.5 Å². The third-order valence-corrected chi connectivity index (χ3v) is 5.01. The average Bonchev–Trinajstić information content (AvgIpc) is 3.16. The van der Waals surface area contributed by atoms with Gasteiger partial charge in [-0.1, -0.05) is 18.2 Å². The molecule has 0 saturated heterocycles. The number of thiophene rings is 1. The molecule has 0 amide bonds. The van der Waals surface area contributed by atoms with E-state index in [9.17, 15) is 0 Å². The molecule has 0 spiro atoms. The predicted octanol–water partition coefficient (Wildman–Crippen LogP) is 3.79. The Labute approximate surface area is 133 Å². The molecular weight excluding hydrogens is 296 g/mol. The van der Waals surface area contributed by atoms with Gasteiger partial charge >= 0.3 is 0 Å². The lowest BCUT2D eigenvalue weighted by Gasteiger charge is -2.44. The quantitative estimate of drug-likeness (QED) is 0.914. The number of methoxy groups -OCH3 is 1. The second kappa shape index (κ2) is 4.76. The third-order valence-electron chi connectivity index (χ3n) is 4.11. The molecule has 0 bridgehead atoms. The zero-order valence-corrected chi connectivity index (χ0v) is 13.6. The van der Waals surface area contributed by atoms with E-state index in [2.05, 4.69) is 53.9 Å². The number of benzene rings is 1. The van der Waals surface area contributed by atoms with Crippen molar-refractivity contribution in [3.8, 4) is 11.5 Å². The lowest BCUT2D eigenvalue weighted by atomic mass is 10.00. The van der Waals surface area contributed by atoms with E-state index in [1.54, 1.807) is 18.4 Å². The van der Waals surface area contributed by atoms with Gasteiger partial charge in [0.1, 0.15) is 0 Å². The number of hydrogen-bond acceptors (Lipinski definition) is 5. The maximum atomic E-state index is 6.23. The highest BCUT2D eigenvalue weighted by Gasteiger charge is 2.45. The van der Waals surface area contributed by atoms with Crippen LogP contribution < -0.4 is 14.9 Å². The fourth-order valence-corrected chi connectivity index (χ4v) is 3.77. The number of hydrazine groups is 1. The first-order chi connectivity index (χ1) is 10.6. The average molecular weight is 314 g/mol. The normalized spacial score (nSPS) is 22.1. The Balaban J connectivity index is 1.83. The van der Waals surface area contributed by atoms with Gasteiger partial charge in [0, 0.05) is 5.56 Å². The summed E-state index contributed by atoms with van der Waals surface area (Å²) in [6, 6.07) is 10.4. The van der Waals surface area contributed by atoms with Crippen molar-refractivity contribution in [2.75, 3.05) is 7.11 Å². The van der Waals surface area contributed by atoms with Gasteiger partial charge < -0.3 is 14.9 Å². The van der Waals surface area contributed by atoms with Crippen LogP contribution in [-0.2, 0) is 0 Å². The summed E-state index contributed by atoms with van der Waals surface area (Å²) >= 11 is 1.73. The van der Waals surface area contributed by atoms with Crippen molar-refractivity contribution in [2.45, 2.75) is 25.6 Å². The predicted molar refractivity (Wildman–Crippen MR) is 87.7 cm³/mol. The molecule has 5 heteroatoms. The minimum absolute atomic E-state index is 0.131. The maximum Gasteiger partial charge on any atom is 0.175 e. The second-order valence-corrected chi connectivity index (χ2v) is 6.86. The molecule has 2 aliphatic rings. The third kappa shape index (κ3) is 1.93. The van der Waals surface area contributed by atoms with Crippen LogP contribution >= 0.6 is 11.3 Å². The first-order valence-corrected chi connectivity index (χ1v) is 8.16. The van der Waals surface area contributed by atoms with Crippen molar-refractivity contribution in [2.24, 2.45) is 0 Å². The summed E-state index contributed by atoms with van der Waals surface area (Å²) in [5.41, 5.74) is 5.29. The van der Waals surface area contributed by atoms with Crippen molar-refractivity contribution in [3.63, 3.8) is 0 Å². The summed E-state index contributed by atoms with van der Waals surface area (Å²) in [4.78, 5) is 1.23. The van der Waals surface area contributed by atoms with Crippen molar-refractivity contribution < 1.29 is 9.47 Å². The Bertz CT molecular complexity index is 737. The fourth-order valence-electron chi connectivity index (χ4n) is 3.07. The van der Waals surface area contributed by atoms with Gasteiger partial charge in [-0.05, 0) is 37.4 Å². The van der Waals surface area contributed by atoms with Gasteiger partial charge in [0.2, 0.25) is 0 Å². The molecule has 1 aromatic carbocycles. The summed E-state index contributed by atoms with van der Waals surface area (Å²) in [6.07, 6.45) is 2.26. The molecule has 4 rings (SSSR count). The minimum Gasteiger partial charge on any atom is -0.493 e. The van der Waals surface area contributed by atoms with Crippen LogP contribution in [-0.4, -0.2) is 17.8 Å². The summed E-state index contributed by atoms with van der Waals surface area (Å²) in [7, 11) is 1.68. The molecule has 1 N–H and O–H groups in total. The van der Waals surface area contributed by atoms with Crippen LogP contribution in [0.4, 0.5) is 0 Å². The van der Waals surface area contributed by atoms with Crippen LogP contribution in [0, 0.1) is 0 Å². The van der Waals surface area contributed by atoms with Gasteiger partial charge in [0.05, 0.1) is 23.7 Å². The van der Waals surface area contributed by atoms with Gasteiger partial charge in [0.15, 0.2) is 17.2 Å². The summed E-state index contributed by atoms with van der Waals surface area (Å²) in [6.45, 7) is 4.13. The van der Waals surface area contributed by atoms with Gasteiger partial charge in [-0.25, -0.2) is 0 Å². The van der Waals surface area contributed by atoms with E-state index in [1.807, 2.05) is 12.1 Å². The van der Waals surface area contributed by atoms with Crippen molar-refractivity contribution in [3.05, 3.63) is 52.2 Å². The van der Waals surface area contributed by atoms with E-state index >= 15 is 0 Å². The first kappa shape index (κ1) is 13.7. The number of hydrogen-bond donors (Lipinski definition) is 1. The van der Waals surface area contributed by atoms with E-state index in [1.165, 1.54) is 4.88 Å². The monoisotopic (exact) mass is 314 g/mol. The van der Waals surface area contributed by atoms with Crippen molar-refractivity contribution in [1.82, 2.24) is 10.4 Å². The Kier molecular flexibility index (Phi) is 2.96. The molecular formula is C17H18N2O2S. The minimum atomic E-state index is -0.470. The molecule has 2 aromatic rings. The molecule has 0 radical (unpaired) electrons. The lowest BCUT2D eigenvalue weighted by molar-refractivity contribution is -0.104. The number of ether oxygens (including phenoxy) is 2. The summed E-state index contributed by atoms with van der Waals surface area (Å²) in [5.74, 6) is 1.62. The number of fused-ring (bicyclic) bond motifs is 3. The number of nitrogens with zero attached hydrogens (tertiary/aromatic N) is 1.